The summed E-state index contributed by atoms with van der Waals surface area (Å²) in [5, 5.41) is 7.84. The fraction of sp³-hybridized carbons (Fsp3) is 0.500. The van der Waals surface area contributed by atoms with Gasteiger partial charge in [-0.3, -0.25) is 0 Å². The predicted octanol–water partition coefficient (Wildman–Crippen LogP) is 1.26. The van der Waals surface area contributed by atoms with Crippen molar-refractivity contribution in [2.24, 2.45) is 16.8 Å². The van der Waals surface area contributed by atoms with Gasteiger partial charge in [-0.2, -0.15) is 0 Å². The van der Waals surface area contributed by atoms with Gasteiger partial charge in [-0.05, 0) is 43.5 Å². The molecule has 0 aliphatic carbocycles. The van der Waals surface area contributed by atoms with E-state index in [0.717, 1.165) is 18.9 Å². The second-order valence-corrected chi connectivity index (χ2v) is 6.16. The average molecular weight is 289 g/mol. The van der Waals surface area contributed by atoms with Crippen molar-refractivity contribution >= 4 is 15.7 Å². The van der Waals surface area contributed by atoms with E-state index in [1.165, 1.54) is 12.1 Å². The highest BCUT2D eigenvalue weighted by molar-refractivity contribution is 7.89. The number of primary sulfonamides is 1. The Morgan fingerprint density at radius 1 is 1.42 bits per heavy atom. The number of hydrogen-bond acceptors (Lipinski definition) is 4. The molecule has 0 radical (unpaired) electrons. The first-order valence-corrected chi connectivity index (χ1v) is 7.65. The molecule has 0 spiro atoms. The smallest absolute Gasteiger partial charge is 0.238 e. The van der Waals surface area contributed by atoms with Crippen LogP contribution in [-0.2, 0) is 10.0 Å². The molecule has 1 atom stereocenters. The van der Waals surface area contributed by atoms with Crippen LogP contribution in [0.4, 0.5) is 10.1 Å². The lowest BCUT2D eigenvalue weighted by Crippen LogP contribution is -2.14. The number of nitrogens with two attached hydrogens (primary N) is 2. The fourth-order valence-corrected chi connectivity index (χ4v) is 2.13. The molecule has 108 valence electrons. The lowest BCUT2D eigenvalue weighted by molar-refractivity contribution is 0.528. The molecule has 7 heteroatoms. The number of sulfonamides is 1. The van der Waals surface area contributed by atoms with Crippen LogP contribution >= 0.6 is 0 Å². The molecule has 5 N–H and O–H groups in total. The molecule has 0 aliphatic heterocycles. The number of halogens is 1. The van der Waals surface area contributed by atoms with Gasteiger partial charge in [0, 0.05) is 6.54 Å². The summed E-state index contributed by atoms with van der Waals surface area (Å²) in [5.74, 6) is -0.185. The third kappa shape index (κ3) is 5.14. The van der Waals surface area contributed by atoms with E-state index in [1.54, 1.807) is 0 Å². The molecule has 0 saturated carbocycles. The Labute approximate surface area is 113 Å². The zero-order chi connectivity index (χ0) is 14.5. The van der Waals surface area contributed by atoms with Crippen LogP contribution < -0.4 is 16.2 Å². The molecule has 0 amide bonds. The van der Waals surface area contributed by atoms with Gasteiger partial charge in [0.05, 0.1) is 10.6 Å². The molecule has 0 saturated heterocycles. The molecule has 1 aromatic carbocycles. The van der Waals surface area contributed by atoms with Crippen molar-refractivity contribution in [2.75, 3.05) is 18.4 Å². The van der Waals surface area contributed by atoms with Gasteiger partial charge in [-0.1, -0.05) is 6.92 Å². The highest BCUT2D eigenvalue weighted by Crippen LogP contribution is 2.18. The molecule has 5 nitrogen and oxygen atoms in total. The molecule has 1 unspecified atom stereocenters. The molecule has 0 fully saturated rings. The number of anilines is 1. The van der Waals surface area contributed by atoms with Crippen LogP contribution in [0.5, 0.6) is 0 Å². The zero-order valence-electron chi connectivity index (χ0n) is 10.9. The maximum atomic E-state index is 13.6. The van der Waals surface area contributed by atoms with E-state index < -0.39 is 15.8 Å². The van der Waals surface area contributed by atoms with Crippen molar-refractivity contribution in [2.45, 2.75) is 24.7 Å². The maximum absolute atomic E-state index is 13.6. The van der Waals surface area contributed by atoms with Gasteiger partial charge in [0.25, 0.3) is 0 Å². The first-order valence-electron chi connectivity index (χ1n) is 6.11. The summed E-state index contributed by atoms with van der Waals surface area (Å²) < 4.78 is 35.7. The molecule has 0 heterocycles. The summed E-state index contributed by atoms with van der Waals surface area (Å²) in [6, 6.07) is 3.57. The average Bonchev–Trinajstić information content (AvgIpc) is 2.34. The van der Waals surface area contributed by atoms with Gasteiger partial charge in [-0.25, -0.2) is 17.9 Å². The van der Waals surface area contributed by atoms with E-state index in [9.17, 15) is 12.8 Å². The molecule has 0 bridgehead atoms. The van der Waals surface area contributed by atoms with Crippen LogP contribution in [0.2, 0.25) is 0 Å². The van der Waals surface area contributed by atoms with Crippen LogP contribution in [0, 0.1) is 11.7 Å². The lowest BCUT2D eigenvalue weighted by Gasteiger charge is -2.10. The summed E-state index contributed by atoms with van der Waals surface area (Å²) in [6.07, 6.45) is 1.83. The topological polar surface area (TPSA) is 98.2 Å². The Balaban J connectivity index is 2.56. The maximum Gasteiger partial charge on any atom is 0.238 e. The second-order valence-electron chi connectivity index (χ2n) is 4.60. The Kier molecular flexibility index (Phi) is 5.71. The third-order valence-corrected chi connectivity index (χ3v) is 3.77. The highest BCUT2D eigenvalue weighted by atomic mass is 32.2. The quantitative estimate of drug-likeness (QED) is 0.658. The first kappa shape index (κ1) is 15.9. The van der Waals surface area contributed by atoms with Crippen molar-refractivity contribution in [3.05, 3.63) is 24.0 Å². The Morgan fingerprint density at radius 2 is 2.11 bits per heavy atom. The van der Waals surface area contributed by atoms with Crippen molar-refractivity contribution in [1.82, 2.24) is 0 Å². The highest BCUT2D eigenvalue weighted by Gasteiger charge is 2.11. The van der Waals surface area contributed by atoms with Gasteiger partial charge in [0.15, 0.2) is 0 Å². The van der Waals surface area contributed by atoms with Crippen LogP contribution in [-0.4, -0.2) is 21.5 Å². The fourth-order valence-electron chi connectivity index (χ4n) is 1.61. The van der Waals surface area contributed by atoms with E-state index >= 15 is 0 Å². The van der Waals surface area contributed by atoms with Crippen molar-refractivity contribution in [1.29, 1.82) is 0 Å². The second kappa shape index (κ2) is 6.83. The van der Waals surface area contributed by atoms with Crippen LogP contribution in [0.25, 0.3) is 0 Å². The zero-order valence-corrected chi connectivity index (χ0v) is 11.7. The minimum atomic E-state index is -3.86. The molecule has 1 rings (SSSR count). The number of rotatable bonds is 7. The van der Waals surface area contributed by atoms with Gasteiger partial charge >= 0.3 is 0 Å². The summed E-state index contributed by atoms with van der Waals surface area (Å²) >= 11 is 0. The lowest BCUT2D eigenvalue weighted by atomic mass is 10.1. The van der Waals surface area contributed by atoms with Crippen LogP contribution in [0.15, 0.2) is 23.1 Å². The molecule has 19 heavy (non-hydrogen) atoms. The standard InChI is InChI=1S/C12H20FN3O2S/c1-9(8-14)3-2-6-16-12-5-4-10(7-11(12)13)19(15,17)18/h4-5,7,9,16H,2-3,6,8,14H2,1H3,(H2,15,17,18). The van der Waals surface area contributed by atoms with E-state index in [2.05, 4.69) is 12.2 Å². The summed E-state index contributed by atoms with van der Waals surface area (Å²) in [7, 11) is -3.86. The normalized spacial score (nSPS) is 13.3. The monoisotopic (exact) mass is 289 g/mol. The summed E-state index contributed by atoms with van der Waals surface area (Å²) in [5.41, 5.74) is 5.77. The number of nitrogens with one attached hydrogen (secondary N) is 1. The molecule has 0 aliphatic rings. The largest absolute Gasteiger partial charge is 0.383 e. The Morgan fingerprint density at radius 3 is 2.63 bits per heavy atom. The third-order valence-electron chi connectivity index (χ3n) is 2.86. The predicted molar refractivity (Wildman–Crippen MR) is 73.7 cm³/mol. The minimum absolute atomic E-state index is 0.229. The number of hydrogen-bond donors (Lipinski definition) is 3. The van der Waals surface area contributed by atoms with Crippen molar-refractivity contribution in [3.8, 4) is 0 Å². The summed E-state index contributed by atoms with van der Waals surface area (Å²) in [6.45, 7) is 3.30. The van der Waals surface area contributed by atoms with Crippen LogP contribution in [0.3, 0.4) is 0 Å². The van der Waals surface area contributed by atoms with Gasteiger partial charge in [0.1, 0.15) is 5.82 Å². The van der Waals surface area contributed by atoms with E-state index in [1.807, 2.05) is 0 Å². The summed E-state index contributed by atoms with van der Waals surface area (Å²) in [4.78, 5) is -0.229. The minimum Gasteiger partial charge on any atom is -0.383 e. The first-order chi connectivity index (χ1) is 8.84. The van der Waals surface area contributed by atoms with Crippen molar-refractivity contribution in [3.63, 3.8) is 0 Å². The Hall–Kier alpha value is -1.18. The van der Waals surface area contributed by atoms with E-state index in [0.29, 0.717) is 19.0 Å². The van der Waals surface area contributed by atoms with Gasteiger partial charge in [-0.15, -0.1) is 0 Å². The van der Waals surface area contributed by atoms with Gasteiger partial charge < -0.3 is 11.1 Å². The molecule has 1 aromatic rings. The van der Waals surface area contributed by atoms with E-state index in [-0.39, 0.29) is 10.6 Å². The Bertz CT molecular complexity index is 520. The van der Waals surface area contributed by atoms with Crippen molar-refractivity contribution < 1.29 is 12.8 Å². The molecular formula is C12H20FN3O2S. The molecular weight excluding hydrogens is 269 g/mol. The molecule has 0 aromatic heterocycles. The van der Waals surface area contributed by atoms with E-state index in [4.69, 9.17) is 10.9 Å². The number of benzene rings is 1. The SMILES string of the molecule is CC(CN)CCCNc1ccc(S(N)(=O)=O)cc1F. The van der Waals surface area contributed by atoms with Gasteiger partial charge in [0.2, 0.25) is 10.0 Å². The van der Waals surface area contributed by atoms with Crippen LogP contribution in [0.1, 0.15) is 19.8 Å².